The lowest BCUT2D eigenvalue weighted by Crippen LogP contribution is -2.23. The molecule has 2 nitrogen and oxygen atoms in total. The van der Waals surface area contributed by atoms with Gasteiger partial charge in [-0.15, -0.1) is 0 Å². The Hall–Kier alpha value is -2.09. The molecule has 0 saturated carbocycles. The molecule has 1 unspecified atom stereocenters. The van der Waals surface area contributed by atoms with E-state index < -0.39 is 0 Å². The molecule has 2 aromatic rings. The molecule has 0 N–H and O–H groups in total. The van der Waals surface area contributed by atoms with Crippen molar-refractivity contribution in [3.05, 3.63) is 40.3 Å². The summed E-state index contributed by atoms with van der Waals surface area (Å²) in [6.07, 6.45) is 0.231. The van der Waals surface area contributed by atoms with Crippen LogP contribution in [0.1, 0.15) is 12.5 Å². The first-order chi connectivity index (χ1) is 8.59. The second kappa shape index (κ2) is 3.70. The van der Waals surface area contributed by atoms with Gasteiger partial charge in [-0.05, 0) is 22.9 Å². The van der Waals surface area contributed by atoms with E-state index in [1.54, 1.807) is 6.92 Å². The van der Waals surface area contributed by atoms with Crippen LogP contribution in [0.2, 0.25) is 0 Å². The van der Waals surface area contributed by atoms with Crippen molar-refractivity contribution in [3.63, 3.8) is 0 Å². The summed E-state index contributed by atoms with van der Waals surface area (Å²) in [4.78, 5) is 11.5. The molecule has 18 heavy (non-hydrogen) atoms. The van der Waals surface area contributed by atoms with Gasteiger partial charge in [0, 0.05) is 17.2 Å². The molecule has 1 aliphatic rings. The monoisotopic (exact) mass is 238 g/mol. The molecule has 0 radical (unpaired) electrons. The highest BCUT2D eigenvalue weighted by Crippen LogP contribution is 2.25. The number of ether oxygens (including phenoxy) is 1. The Morgan fingerprint density at radius 1 is 1.22 bits per heavy atom. The summed E-state index contributed by atoms with van der Waals surface area (Å²) in [6, 6.07) is 8.01. The predicted molar refractivity (Wildman–Crippen MR) is 73.0 cm³/mol. The van der Waals surface area contributed by atoms with Crippen LogP contribution in [0.5, 0.6) is 5.75 Å². The molecule has 1 atom stereocenters. The summed E-state index contributed by atoms with van der Waals surface area (Å²) in [7, 11) is 0. The molecule has 1 heterocycles. The Kier molecular flexibility index (Phi) is 2.27. The van der Waals surface area contributed by atoms with E-state index in [4.69, 9.17) is 4.74 Å². The molecule has 2 aromatic carbocycles. The minimum Gasteiger partial charge on any atom is -0.481 e. The largest absolute Gasteiger partial charge is 0.481 e. The number of fused-ring (bicyclic) bond motifs is 2. The molecule has 2 heteroatoms. The van der Waals surface area contributed by atoms with Crippen molar-refractivity contribution in [3.8, 4) is 5.75 Å². The van der Waals surface area contributed by atoms with Crippen LogP contribution in [0.15, 0.2) is 24.3 Å². The second-order valence-electron chi connectivity index (χ2n) is 4.73. The Balaban J connectivity index is 2.36. The van der Waals surface area contributed by atoms with Gasteiger partial charge in [-0.1, -0.05) is 37.4 Å². The SMILES string of the molecule is C=c1c2c(c(=C)c3ccccc13)OC(C(C)=O)C2. The Morgan fingerprint density at radius 2 is 1.83 bits per heavy atom. The first-order valence-electron chi connectivity index (χ1n) is 5.98. The second-order valence-corrected chi connectivity index (χ2v) is 4.73. The molecule has 0 aromatic heterocycles. The van der Waals surface area contributed by atoms with Gasteiger partial charge in [0.15, 0.2) is 11.9 Å². The first kappa shape index (κ1) is 11.0. The smallest absolute Gasteiger partial charge is 0.170 e. The van der Waals surface area contributed by atoms with Crippen molar-refractivity contribution in [1.82, 2.24) is 0 Å². The maximum Gasteiger partial charge on any atom is 0.170 e. The van der Waals surface area contributed by atoms with E-state index in [1.807, 2.05) is 24.3 Å². The van der Waals surface area contributed by atoms with Gasteiger partial charge in [0.05, 0.1) is 0 Å². The van der Waals surface area contributed by atoms with Crippen molar-refractivity contribution in [2.75, 3.05) is 0 Å². The summed E-state index contributed by atoms with van der Waals surface area (Å²) < 4.78 is 5.74. The number of ketones is 1. The summed E-state index contributed by atoms with van der Waals surface area (Å²) in [6.45, 7) is 9.78. The van der Waals surface area contributed by atoms with Crippen LogP contribution in [-0.2, 0) is 11.2 Å². The minimum atomic E-state index is -0.377. The van der Waals surface area contributed by atoms with Gasteiger partial charge in [0.2, 0.25) is 0 Å². The number of hydrogen-bond donors (Lipinski definition) is 0. The molecular weight excluding hydrogens is 224 g/mol. The highest BCUT2D eigenvalue weighted by Gasteiger charge is 2.28. The van der Waals surface area contributed by atoms with Gasteiger partial charge in [-0.2, -0.15) is 0 Å². The van der Waals surface area contributed by atoms with Gasteiger partial charge in [-0.25, -0.2) is 0 Å². The molecule has 3 rings (SSSR count). The zero-order valence-electron chi connectivity index (χ0n) is 10.3. The van der Waals surface area contributed by atoms with Gasteiger partial charge < -0.3 is 4.74 Å². The van der Waals surface area contributed by atoms with E-state index in [2.05, 4.69) is 13.2 Å². The van der Waals surface area contributed by atoms with Crippen molar-refractivity contribution in [2.24, 2.45) is 0 Å². The van der Waals surface area contributed by atoms with E-state index >= 15 is 0 Å². The third-order valence-electron chi connectivity index (χ3n) is 3.59. The number of carbonyl (C=O) groups is 1. The van der Waals surface area contributed by atoms with E-state index in [-0.39, 0.29) is 11.9 Å². The lowest BCUT2D eigenvalue weighted by Gasteiger charge is -2.07. The number of carbonyl (C=O) groups excluding carboxylic acids is 1. The van der Waals surface area contributed by atoms with Crippen LogP contribution in [0, 0.1) is 0 Å². The molecule has 0 saturated heterocycles. The van der Waals surface area contributed by atoms with Crippen molar-refractivity contribution < 1.29 is 9.53 Å². The predicted octanol–water partition coefficient (Wildman–Crippen LogP) is 1.55. The number of rotatable bonds is 1. The summed E-state index contributed by atoms with van der Waals surface area (Å²) in [5.74, 6) is 0.799. The van der Waals surface area contributed by atoms with Crippen molar-refractivity contribution >= 4 is 29.7 Å². The molecule has 0 aliphatic carbocycles. The standard InChI is InChI=1S/C16H14O2/c1-9-12-6-4-5-7-13(12)10(2)16-14(9)8-15(18-16)11(3)17/h4-7,15H,1-2,8H2,3H3. The lowest BCUT2D eigenvalue weighted by atomic mass is 9.99. The topological polar surface area (TPSA) is 26.3 Å². The first-order valence-corrected chi connectivity index (χ1v) is 5.98. The Labute approximate surface area is 105 Å². The van der Waals surface area contributed by atoms with Crippen LogP contribution >= 0.6 is 0 Å². The Bertz CT molecular complexity index is 700. The van der Waals surface area contributed by atoms with Crippen LogP contribution in [0.4, 0.5) is 0 Å². The third kappa shape index (κ3) is 1.39. The lowest BCUT2D eigenvalue weighted by molar-refractivity contribution is -0.122. The average Bonchev–Trinajstić information content (AvgIpc) is 2.81. The van der Waals surface area contributed by atoms with Gasteiger partial charge in [0.1, 0.15) is 5.75 Å². The number of hydrogen-bond acceptors (Lipinski definition) is 2. The maximum atomic E-state index is 11.5. The fraction of sp³-hybridized carbons (Fsp3) is 0.188. The average molecular weight is 238 g/mol. The van der Waals surface area contributed by atoms with Crippen molar-refractivity contribution in [1.29, 1.82) is 0 Å². The van der Waals surface area contributed by atoms with E-state index in [0.29, 0.717) is 6.42 Å². The van der Waals surface area contributed by atoms with Crippen molar-refractivity contribution in [2.45, 2.75) is 19.4 Å². The highest BCUT2D eigenvalue weighted by atomic mass is 16.5. The van der Waals surface area contributed by atoms with Gasteiger partial charge >= 0.3 is 0 Å². The molecule has 90 valence electrons. The van der Waals surface area contributed by atoms with Crippen LogP contribution in [0.3, 0.4) is 0 Å². The maximum absolute atomic E-state index is 11.5. The number of Topliss-reactive ketones (excluding diaryl/α,β-unsaturated/α-hetero) is 1. The molecule has 0 bridgehead atoms. The molecule has 1 aliphatic heterocycles. The van der Waals surface area contributed by atoms with Crippen LogP contribution in [-0.4, -0.2) is 11.9 Å². The van der Waals surface area contributed by atoms with Crippen LogP contribution in [0.25, 0.3) is 23.9 Å². The third-order valence-corrected chi connectivity index (χ3v) is 3.59. The molecule has 0 fully saturated rings. The van der Waals surface area contributed by atoms with E-state index in [1.165, 1.54) is 0 Å². The fourth-order valence-electron chi connectivity index (χ4n) is 2.57. The van der Waals surface area contributed by atoms with Gasteiger partial charge in [0.25, 0.3) is 0 Å². The minimum absolute atomic E-state index is 0.0501. The molecule has 0 spiro atoms. The molecular formula is C16H14O2. The van der Waals surface area contributed by atoms with E-state index in [9.17, 15) is 4.79 Å². The summed E-state index contributed by atoms with van der Waals surface area (Å²) in [5.41, 5.74) is 1.03. The normalized spacial score (nSPS) is 17.5. The van der Waals surface area contributed by atoms with E-state index in [0.717, 1.165) is 32.5 Å². The highest BCUT2D eigenvalue weighted by molar-refractivity contribution is 5.88. The fourth-order valence-corrected chi connectivity index (χ4v) is 2.57. The zero-order valence-corrected chi connectivity index (χ0v) is 10.3. The summed E-state index contributed by atoms with van der Waals surface area (Å²) >= 11 is 0. The molecule has 0 amide bonds. The summed E-state index contributed by atoms with van der Waals surface area (Å²) in [5, 5.41) is 3.95. The van der Waals surface area contributed by atoms with Crippen LogP contribution < -0.4 is 15.2 Å². The van der Waals surface area contributed by atoms with Gasteiger partial charge in [-0.3, -0.25) is 4.79 Å². The Morgan fingerprint density at radius 3 is 2.44 bits per heavy atom. The quantitative estimate of drug-likeness (QED) is 0.753. The zero-order chi connectivity index (χ0) is 12.9. The number of benzene rings is 2.